The van der Waals surface area contributed by atoms with Crippen LogP contribution in [0.25, 0.3) is 110 Å². The number of para-hydroxylation sites is 3. The van der Waals surface area contributed by atoms with E-state index in [2.05, 4.69) is 161 Å². The van der Waals surface area contributed by atoms with Crippen LogP contribution in [0.2, 0.25) is 0 Å². The summed E-state index contributed by atoms with van der Waals surface area (Å²) in [5.41, 5.74) is 13.4. The van der Waals surface area contributed by atoms with E-state index in [0.717, 1.165) is 66.7 Å². The SMILES string of the molecule is c1ccc(-n2c3ccc(-c4ccc5c(c4)c4ccccc4n5-c4cc5cccnc5c5ncccc45)cc3c3c4cccc5c4c(cc32)-c2ccccc2O5)cc1. The summed E-state index contributed by atoms with van der Waals surface area (Å²) < 4.78 is 11.4. The third kappa shape index (κ3) is 4.23. The molecule has 5 heterocycles. The summed E-state index contributed by atoms with van der Waals surface area (Å²) in [6, 6.07) is 61.1. The number of ether oxygens (including phenoxy) is 1. The Morgan fingerprint density at radius 2 is 1.07 bits per heavy atom. The predicted octanol–water partition coefficient (Wildman–Crippen LogP) is 13.6. The van der Waals surface area contributed by atoms with Gasteiger partial charge in [0, 0.05) is 61.3 Å². The van der Waals surface area contributed by atoms with Crippen LogP contribution in [0.3, 0.4) is 0 Å². The monoisotopic (exact) mass is 726 g/mol. The van der Waals surface area contributed by atoms with E-state index in [1.54, 1.807) is 0 Å². The number of pyridine rings is 2. The Morgan fingerprint density at radius 1 is 0.386 bits per heavy atom. The van der Waals surface area contributed by atoms with Crippen LogP contribution in [0.5, 0.6) is 11.5 Å². The smallest absolute Gasteiger partial charge is 0.135 e. The van der Waals surface area contributed by atoms with Crippen LogP contribution in [0.15, 0.2) is 182 Å². The van der Waals surface area contributed by atoms with Gasteiger partial charge < -0.3 is 13.9 Å². The molecule has 13 rings (SSSR count). The van der Waals surface area contributed by atoms with Gasteiger partial charge in [-0.15, -0.1) is 0 Å². The molecule has 0 fully saturated rings. The van der Waals surface area contributed by atoms with Gasteiger partial charge in [-0.05, 0) is 107 Å². The zero-order valence-electron chi connectivity index (χ0n) is 30.5. The quantitative estimate of drug-likeness (QED) is 0.170. The van der Waals surface area contributed by atoms with Crippen LogP contribution in [0.4, 0.5) is 0 Å². The fourth-order valence-electron chi connectivity index (χ4n) is 9.54. The van der Waals surface area contributed by atoms with Gasteiger partial charge in [0.1, 0.15) is 11.5 Å². The van der Waals surface area contributed by atoms with E-state index in [1.165, 1.54) is 54.7 Å². The maximum atomic E-state index is 6.53. The van der Waals surface area contributed by atoms with Crippen molar-refractivity contribution in [3.05, 3.63) is 182 Å². The fraction of sp³-hybridized carbons (Fsp3) is 0. The number of aromatic nitrogens is 4. The lowest BCUT2D eigenvalue weighted by Gasteiger charge is -2.22. The molecule has 8 aromatic carbocycles. The van der Waals surface area contributed by atoms with Gasteiger partial charge in [-0.2, -0.15) is 0 Å². The maximum Gasteiger partial charge on any atom is 0.135 e. The minimum atomic E-state index is 0.890. The lowest BCUT2D eigenvalue weighted by molar-refractivity contribution is 0.487. The molecule has 0 radical (unpaired) electrons. The number of nitrogens with zero attached hydrogens (tertiary/aromatic N) is 4. The lowest BCUT2D eigenvalue weighted by atomic mass is 9.91. The van der Waals surface area contributed by atoms with E-state index in [1.807, 2.05) is 30.6 Å². The van der Waals surface area contributed by atoms with E-state index in [0.29, 0.717) is 0 Å². The van der Waals surface area contributed by atoms with Gasteiger partial charge in [0.2, 0.25) is 0 Å². The van der Waals surface area contributed by atoms with E-state index >= 15 is 0 Å². The first-order valence-electron chi connectivity index (χ1n) is 19.3. The van der Waals surface area contributed by atoms with Crippen molar-refractivity contribution in [1.82, 2.24) is 19.1 Å². The molecule has 0 atom stereocenters. The molecule has 0 unspecified atom stereocenters. The first-order valence-corrected chi connectivity index (χ1v) is 19.3. The zero-order valence-corrected chi connectivity index (χ0v) is 30.5. The topological polar surface area (TPSA) is 44.9 Å². The molecule has 12 aromatic rings. The maximum absolute atomic E-state index is 6.53. The highest BCUT2D eigenvalue weighted by Crippen LogP contribution is 2.51. The second kappa shape index (κ2) is 11.4. The second-order valence-corrected chi connectivity index (χ2v) is 15.0. The van der Waals surface area contributed by atoms with Gasteiger partial charge in [0.05, 0.1) is 38.8 Å². The largest absolute Gasteiger partial charge is 0.456 e. The van der Waals surface area contributed by atoms with Crippen molar-refractivity contribution in [3.8, 4) is 45.1 Å². The standard InChI is InChI=1S/C52H30N4O/c1-2-12-34(13-3-1)55-44-24-22-32(28-41(44)49-38-16-8-20-48-50(38)40(30-46(49)55)36-15-5-7-19-47(36)57-48)31-21-23-43-39(27-31)35-14-4-6-18-42(35)56(43)45-29-33-11-9-25-53-51(33)52-37(45)17-10-26-54-52/h1-30H. The van der Waals surface area contributed by atoms with Crippen LogP contribution in [-0.2, 0) is 0 Å². The van der Waals surface area contributed by atoms with Crippen LogP contribution < -0.4 is 4.74 Å². The minimum absolute atomic E-state index is 0.890. The molecule has 0 aliphatic carbocycles. The van der Waals surface area contributed by atoms with Gasteiger partial charge in [-0.25, -0.2) is 0 Å². The van der Waals surface area contributed by atoms with Crippen LogP contribution in [0.1, 0.15) is 0 Å². The van der Waals surface area contributed by atoms with Gasteiger partial charge in [0.25, 0.3) is 0 Å². The Balaban J connectivity index is 1.07. The summed E-state index contributed by atoms with van der Waals surface area (Å²) >= 11 is 0. The van der Waals surface area contributed by atoms with E-state index in [4.69, 9.17) is 14.7 Å². The number of hydrogen-bond donors (Lipinski definition) is 0. The first kappa shape index (κ1) is 30.6. The Hall–Kier alpha value is -7.76. The normalized spacial score (nSPS) is 12.4. The minimum Gasteiger partial charge on any atom is -0.456 e. The molecule has 0 spiro atoms. The van der Waals surface area contributed by atoms with Gasteiger partial charge in [-0.1, -0.05) is 84.9 Å². The van der Waals surface area contributed by atoms with Crippen LogP contribution >= 0.6 is 0 Å². The third-order valence-electron chi connectivity index (χ3n) is 11.9. The molecule has 264 valence electrons. The highest BCUT2D eigenvalue weighted by atomic mass is 16.5. The summed E-state index contributed by atoms with van der Waals surface area (Å²) in [4.78, 5) is 9.55. The number of rotatable bonds is 3. The first-order chi connectivity index (χ1) is 28.3. The van der Waals surface area contributed by atoms with Crippen molar-refractivity contribution < 1.29 is 4.74 Å². The summed E-state index contributed by atoms with van der Waals surface area (Å²) in [6.07, 6.45) is 3.70. The lowest BCUT2D eigenvalue weighted by Crippen LogP contribution is -1.98. The van der Waals surface area contributed by atoms with Crippen LogP contribution in [0, 0.1) is 0 Å². The molecule has 1 aliphatic rings. The molecule has 0 saturated carbocycles. The van der Waals surface area contributed by atoms with Crippen LogP contribution in [-0.4, -0.2) is 19.1 Å². The van der Waals surface area contributed by atoms with Gasteiger partial charge in [0.15, 0.2) is 0 Å². The van der Waals surface area contributed by atoms with Gasteiger partial charge in [-0.3, -0.25) is 9.97 Å². The summed E-state index contributed by atoms with van der Waals surface area (Å²) in [7, 11) is 0. The highest BCUT2D eigenvalue weighted by Gasteiger charge is 2.25. The molecule has 0 N–H and O–H groups in total. The average Bonchev–Trinajstić information content (AvgIpc) is 3.78. The molecule has 0 bridgehead atoms. The zero-order chi connectivity index (χ0) is 37.2. The summed E-state index contributed by atoms with van der Waals surface area (Å²) in [6.45, 7) is 0. The predicted molar refractivity (Wildman–Crippen MR) is 234 cm³/mol. The molecule has 5 heteroatoms. The Kier molecular flexibility index (Phi) is 6.10. The Labute approximate surface area is 326 Å². The average molecular weight is 727 g/mol. The Bertz CT molecular complexity index is 3670. The summed E-state index contributed by atoms with van der Waals surface area (Å²) in [5.74, 6) is 1.79. The number of hydrogen-bond acceptors (Lipinski definition) is 3. The number of benzene rings is 8. The van der Waals surface area contributed by atoms with E-state index in [-0.39, 0.29) is 0 Å². The third-order valence-corrected chi connectivity index (χ3v) is 11.9. The molecule has 0 amide bonds. The molecule has 4 aromatic heterocycles. The Morgan fingerprint density at radius 3 is 1.96 bits per heavy atom. The fourth-order valence-corrected chi connectivity index (χ4v) is 9.54. The molecular weight excluding hydrogens is 697 g/mol. The number of fused-ring (bicyclic) bond motifs is 12. The highest BCUT2D eigenvalue weighted by molar-refractivity contribution is 6.26. The van der Waals surface area contributed by atoms with Crippen molar-refractivity contribution >= 4 is 76.2 Å². The van der Waals surface area contributed by atoms with E-state index < -0.39 is 0 Å². The van der Waals surface area contributed by atoms with Crippen molar-refractivity contribution in [2.75, 3.05) is 0 Å². The molecule has 5 nitrogen and oxygen atoms in total. The molecular formula is C52H30N4O. The summed E-state index contributed by atoms with van der Waals surface area (Å²) in [5, 5.41) is 9.33. The molecule has 0 saturated heterocycles. The van der Waals surface area contributed by atoms with Crippen molar-refractivity contribution in [3.63, 3.8) is 0 Å². The molecule has 57 heavy (non-hydrogen) atoms. The van der Waals surface area contributed by atoms with Gasteiger partial charge >= 0.3 is 0 Å². The second-order valence-electron chi connectivity index (χ2n) is 15.0. The van der Waals surface area contributed by atoms with Crippen molar-refractivity contribution in [1.29, 1.82) is 0 Å². The van der Waals surface area contributed by atoms with E-state index in [9.17, 15) is 0 Å². The molecule has 1 aliphatic heterocycles. The van der Waals surface area contributed by atoms with Crippen molar-refractivity contribution in [2.45, 2.75) is 0 Å². The van der Waals surface area contributed by atoms with Crippen molar-refractivity contribution in [2.24, 2.45) is 0 Å².